The van der Waals surface area contributed by atoms with Gasteiger partial charge in [-0.05, 0) is 73.9 Å². The fourth-order valence-electron chi connectivity index (χ4n) is 5.36. The van der Waals surface area contributed by atoms with E-state index in [1.807, 2.05) is 42.2 Å². The second-order valence-corrected chi connectivity index (χ2v) is 10.3. The number of urea groups is 1. The fraction of sp³-hybridized carbons (Fsp3) is 0.467. The lowest BCUT2D eigenvalue weighted by Crippen LogP contribution is -2.39. The first-order valence-corrected chi connectivity index (χ1v) is 13.7. The van der Waals surface area contributed by atoms with Crippen LogP contribution in [-0.2, 0) is 4.79 Å². The van der Waals surface area contributed by atoms with E-state index in [0.717, 1.165) is 44.1 Å². The van der Waals surface area contributed by atoms with Gasteiger partial charge in [0.25, 0.3) is 5.91 Å². The molecule has 2 aromatic rings. The summed E-state index contributed by atoms with van der Waals surface area (Å²) in [6.07, 6.45) is 7.05. The SMILES string of the molecule is Cc1ccc(C(=O)N2CCC(c3ccc(C#N)cc3)CC2)cc1NC(=O)NCCNC(=O)C1CCCCC1. The molecule has 200 valence electrons. The van der Waals surface area contributed by atoms with Crippen LogP contribution >= 0.6 is 0 Å². The Hall–Kier alpha value is -3.86. The van der Waals surface area contributed by atoms with Gasteiger partial charge in [-0.2, -0.15) is 5.26 Å². The van der Waals surface area contributed by atoms with Gasteiger partial charge in [-0.15, -0.1) is 0 Å². The van der Waals surface area contributed by atoms with Crippen LogP contribution in [0.3, 0.4) is 0 Å². The normalized spacial score (nSPS) is 16.4. The summed E-state index contributed by atoms with van der Waals surface area (Å²) >= 11 is 0. The Kier molecular flexibility index (Phi) is 9.36. The first-order valence-electron chi connectivity index (χ1n) is 13.7. The molecular formula is C30H37N5O3. The molecule has 8 heteroatoms. The van der Waals surface area contributed by atoms with Gasteiger partial charge in [-0.3, -0.25) is 9.59 Å². The van der Waals surface area contributed by atoms with Crippen LogP contribution in [0.25, 0.3) is 0 Å². The summed E-state index contributed by atoms with van der Waals surface area (Å²) in [5.41, 5.74) is 3.86. The Bertz CT molecular complexity index is 1170. The lowest BCUT2D eigenvalue weighted by molar-refractivity contribution is -0.125. The predicted molar refractivity (Wildman–Crippen MR) is 147 cm³/mol. The van der Waals surface area contributed by atoms with Crippen LogP contribution < -0.4 is 16.0 Å². The van der Waals surface area contributed by atoms with Crippen LogP contribution in [0.2, 0.25) is 0 Å². The lowest BCUT2D eigenvalue weighted by Gasteiger charge is -2.32. The van der Waals surface area contributed by atoms with Crippen molar-refractivity contribution < 1.29 is 14.4 Å². The molecule has 0 atom stereocenters. The molecule has 8 nitrogen and oxygen atoms in total. The number of piperidine rings is 1. The van der Waals surface area contributed by atoms with Crippen molar-refractivity contribution in [2.45, 2.75) is 57.8 Å². The number of hydrogen-bond donors (Lipinski definition) is 3. The minimum Gasteiger partial charge on any atom is -0.354 e. The van der Waals surface area contributed by atoms with Gasteiger partial charge < -0.3 is 20.9 Å². The third-order valence-electron chi connectivity index (χ3n) is 7.71. The van der Waals surface area contributed by atoms with Crippen LogP contribution in [0.4, 0.5) is 10.5 Å². The Labute approximate surface area is 224 Å². The van der Waals surface area contributed by atoms with E-state index in [2.05, 4.69) is 22.0 Å². The van der Waals surface area contributed by atoms with E-state index < -0.39 is 0 Å². The van der Waals surface area contributed by atoms with Gasteiger partial charge in [0.15, 0.2) is 0 Å². The summed E-state index contributed by atoms with van der Waals surface area (Å²) in [7, 11) is 0. The number of hydrogen-bond acceptors (Lipinski definition) is 4. The maximum atomic E-state index is 13.2. The summed E-state index contributed by atoms with van der Waals surface area (Å²) in [5.74, 6) is 0.507. The number of likely N-dealkylation sites (tertiary alicyclic amines) is 1. The molecule has 3 N–H and O–H groups in total. The molecule has 1 saturated carbocycles. The van der Waals surface area contributed by atoms with E-state index in [4.69, 9.17) is 5.26 Å². The minimum atomic E-state index is -0.368. The van der Waals surface area contributed by atoms with Crippen molar-refractivity contribution in [2.24, 2.45) is 5.92 Å². The summed E-state index contributed by atoms with van der Waals surface area (Å²) in [4.78, 5) is 39.8. The molecule has 2 fully saturated rings. The van der Waals surface area contributed by atoms with Crippen molar-refractivity contribution in [2.75, 3.05) is 31.5 Å². The minimum absolute atomic E-state index is 0.0443. The number of aryl methyl sites for hydroxylation is 1. The first-order chi connectivity index (χ1) is 18.4. The highest BCUT2D eigenvalue weighted by Crippen LogP contribution is 2.29. The average molecular weight is 516 g/mol. The fourth-order valence-corrected chi connectivity index (χ4v) is 5.36. The zero-order chi connectivity index (χ0) is 26.9. The molecule has 4 amide bonds. The van der Waals surface area contributed by atoms with Crippen LogP contribution in [0.15, 0.2) is 42.5 Å². The number of nitrogens with zero attached hydrogens (tertiary/aromatic N) is 2. The zero-order valence-corrected chi connectivity index (χ0v) is 22.1. The number of rotatable bonds is 7. The predicted octanol–water partition coefficient (Wildman–Crippen LogP) is 4.70. The summed E-state index contributed by atoms with van der Waals surface area (Å²) in [6, 6.07) is 14.9. The number of carbonyl (C=O) groups is 3. The van der Waals surface area contributed by atoms with Gasteiger partial charge in [0.1, 0.15) is 0 Å². The first kappa shape index (κ1) is 27.2. The van der Waals surface area contributed by atoms with Crippen molar-refractivity contribution in [3.63, 3.8) is 0 Å². The number of benzene rings is 2. The Morgan fingerprint density at radius 3 is 2.29 bits per heavy atom. The van der Waals surface area contributed by atoms with Gasteiger partial charge in [0.05, 0.1) is 11.6 Å². The third-order valence-corrected chi connectivity index (χ3v) is 7.71. The number of amides is 4. The van der Waals surface area contributed by atoms with E-state index in [1.165, 1.54) is 12.0 Å². The van der Waals surface area contributed by atoms with Crippen molar-refractivity contribution in [3.05, 3.63) is 64.7 Å². The van der Waals surface area contributed by atoms with Crippen molar-refractivity contribution in [1.82, 2.24) is 15.5 Å². The molecule has 0 unspecified atom stereocenters. The summed E-state index contributed by atoms with van der Waals surface area (Å²) in [6.45, 7) is 3.92. The smallest absolute Gasteiger partial charge is 0.319 e. The molecule has 0 radical (unpaired) electrons. The Balaban J connectivity index is 1.24. The molecule has 1 aliphatic heterocycles. The van der Waals surface area contributed by atoms with E-state index in [-0.39, 0.29) is 23.8 Å². The second-order valence-electron chi connectivity index (χ2n) is 10.3. The molecule has 4 rings (SSSR count). The van der Waals surface area contributed by atoms with E-state index in [9.17, 15) is 14.4 Å². The van der Waals surface area contributed by atoms with Gasteiger partial charge >= 0.3 is 6.03 Å². The highest BCUT2D eigenvalue weighted by atomic mass is 16.2. The quantitative estimate of drug-likeness (QED) is 0.464. The number of carbonyl (C=O) groups excluding carboxylic acids is 3. The molecule has 1 heterocycles. The largest absolute Gasteiger partial charge is 0.354 e. The van der Waals surface area contributed by atoms with Crippen LogP contribution in [-0.4, -0.2) is 48.9 Å². The van der Waals surface area contributed by atoms with Crippen LogP contribution in [0, 0.1) is 24.2 Å². The topological polar surface area (TPSA) is 114 Å². The van der Waals surface area contributed by atoms with E-state index >= 15 is 0 Å². The van der Waals surface area contributed by atoms with Gasteiger partial charge in [-0.1, -0.05) is 37.5 Å². The highest BCUT2D eigenvalue weighted by Gasteiger charge is 2.25. The Morgan fingerprint density at radius 2 is 1.61 bits per heavy atom. The maximum Gasteiger partial charge on any atom is 0.319 e. The average Bonchev–Trinajstić information content (AvgIpc) is 2.96. The van der Waals surface area contributed by atoms with E-state index in [0.29, 0.717) is 48.9 Å². The standard InChI is InChI=1S/C30H37N5O3/c1-21-7-10-26(29(37)35-17-13-24(14-18-35)23-11-8-22(20-31)9-12-23)19-27(21)34-30(38)33-16-15-32-28(36)25-5-3-2-4-6-25/h7-12,19,24-25H,2-6,13-18H2,1H3,(H,32,36)(H2,33,34,38). The molecule has 0 spiro atoms. The molecule has 38 heavy (non-hydrogen) atoms. The molecule has 1 saturated heterocycles. The molecule has 2 aromatic carbocycles. The zero-order valence-electron chi connectivity index (χ0n) is 22.1. The van der Waals surface area contributed by atoms with E-state index in [1.54, 1.807) is 12.1 Å². The van der Waals surface area contributed by atoms with Crippen LogP contribution in [0.1, 0.15) is 77.9 Å². The second kappa shape index (κ2) is 13.1. The summed E-state index contributed by atoms with van der Waals surface area (Å²) < 4.78 is 0. The molecular weight excluding hydrogens is 478 g/mol. The van der Waals surface area contributed by atoms with Crippen molar-refractivity contribution >= 4 is 23.5 Å². The number of anilines is 1. The third kappa shape index (κ3) is 7.12. The van der Waals surface area contributed by atoms with Crippen molar-refractivity contribution in [3.8, 4) is 6.07 Å². The number of nitriles is 1. The molecule has 1 aliphatic carbocycles. The Morgan fingerprint density at radius 1 is 0.921 bits per heavy atom. The lowest BCUT2D eigenvalue weighted by atomic mass is 9.89. The monoisotopic (exact) mass is 515 g/mol. The highest BCUT2D eigenvalue weighted by molar-refractivity contribution is 5.97. The van der Waals surface area contributed by atoms with Crippen molar-refractivity contribution in [1.29, 1.82) is 5.26 Å². The van der Waals surface area contributed by atoms with Gasteiger partial charge in [0.2, 0.25) is 5.91 Å². The number of nitrogens with one attached hydrogen (secondary N) is 3. The van der Waals surface area contributed by atoms with Crippen LogP contribution in [0.5, 0.6) is 0 Å². The van der Waals surface area contributed by atoms with Gasteiger partial charge in [0, 0.05) is 43.3 Å². The van der Waals surface area contributed by atoms with Gasteiger partial charge in [-0.25, -0.2) is 4.79 Å². The molecule has 0 bridgehead atoms. The molecule has 0 aromatic heterocycles. The summed E-state index contributed by atoms with van der Waals surface area (Å²) in [5, 5.41) is 17.5. The molecule has 2 aliphatic rings. The maximum absolute atomic E-state index is 13.2.